The Morgan fingerprint density at radius 2 is 2.09 bits per heavy atom. The van der Waals surface area contributed by atoms with E-state index in [0.717, 1.165) is 28.1 Å². The van der Waals surface area contributed by atoms with Crippen LogP contribution in [0.5, 0.6) is 0 Å². The molecule has 2 aliphatic rings. The minimum absolute atomic E-state index is 0.220. The summed E-state index contributed by atoms with van der Waals surface area (Å²) in [5.74, 6) is -0.0166. The Balaban J connectivity index is 1.64. The maximum Gasteiger partial charge on any atom is 0.273 e. The van der Waals surface area contributed by atoms with E-state index >= 15 is 0 Å². The predicted molar refractivity (Wildman–Crippen MR) is 89.7 cm³/mol. The Morgan fingerprint density at radius 3 is 2.87 bits per heavy atom. The summed E-state index contributed by atoms with van der Waals surface area (Å²) in [4.78, 5) is 14.9. The van der Waals surface area contributed by atoms with Crippen LogP contribution in [-0.2, 0) is 16.1 Å². The van der Waals surface area contributed by atoms with E-state index in [0.29, 0.717) is 17.4 Å². The third-order valence-corrected chi connectivity index (χ3v) is 3.97. The third-order valence-electron chi connectivity index (χ3n) is 3.76. The lowest BCUT2D eigenvalue weighted by molar-refractivity contribution is -0.115. The third kappa shape index (κ3) is 2.40. The number of nitrogens with one attached hydrogen (secondary N) is 4. The first-order valence-electron chi connectivity index (χ1n) is 6.98. The molecular weight excluding hydrogens is 312 g/mol. The van der Waals surface area contributed by atoms with Gasteiger partial charge >= 0.3 is 0 Å². The Bertz CT molecular complexity index is 897. The van der Waals surface area contributed by atoms with Crippen molar-refractivity contribution in [1.82, 2.24) is 15.6 Å². The summed E-state index contributed by atoms with van der Waals surface area (Å²) in [5, 5.41) is 13.3. The molecule has 23 heavy (non-hydrogen) atoms. The van der Waals surface area contributed by atoms with Gasteiger partial charge in [0.05, 0.1) is 0 Å². The highest BCUT2D eigenvalue weighted by atomic mass is 32.1. The van der Waals surface area contributed by atoms with Crippen LogP contribution in [0.15, 0.2) is 36.0 Å². The van der Waals surface area contributed by atoms with Crippen molar-refractivity contribution in [3.63, 3.8) is 0 Å². The molecule has 114 valence electrons. The quantitative estimate of drug-likeness (QED) is 0.501. The number of hydrogen-bond acceptors (Lipinski definition) is 4. The fraction of sp³-hybridized carbons (Fsp3) is 0.0625. The Labute approximate surface area is 137 Å². The van der Waals surface area contributed by atoms with Crippen molar-refractivity contribution in [3.8, 4) is 11.3 Å². The van der Waals surface area contributed by atoms with Gasteiger partial charge in [-0.15, -0.1) is 0 Å². The van der Waals surface area contributed by atoms with Crippen molar-refractivity contribution < 1.29 is 9.53 Å². The van der Waals surface area contributed by atoms with Gasteiger partial charge in [-0.25, -0.2) is 0 Å². The van der Waals surface area contributed by atoms with Crippen LogP contribution < -0.4 is 10.6 Å². The van der Waals surface area contributed by atoms with Crippen LogP contribution in [0.25, 0.3) is 17.3 Å². The number of H-pyrrole nitrogens is 1. The second kappa shape index (κ2) is 5.06. The molecule has 0 spiro atoms. The first-order valence-corrected chi connectivity index (χ1v) is 7.39. The van der Waals surface area contributed by atoms with Crippen LogP contribution in [0.3, 0.4) is 0 Å². The van der Waals surface area contributed by atoms with E-state index in [9.17, 15) is 4.79 Å². The van der Waals surface area contributed by atoms with Gasteiger partial charge < -0.3 is 15.0 Å². The number of aromatic nitrogens is 1. The van der Waals surface area contributed by atoms with Crippen LogP contribution in [0.4, 0.5) is 0 Å². The monoisotopic (exact) mass is 324 g/mol. The molecule has 0 unspecified atom stereocenters. The number of fused-ring (bicyclic) bond motifs is 1. The zero-order valence-electron chi connectivity index (χ0n) is 11.9. The summed E-state index contributed by atoms with van der Waals surface area (Å²) in [5.41, 5.74) is 4.99. The molecule has 4 N–H and O–H groups in total. The lowest BCUT2D eigenvalue weighted by atomic mass is 10.0. The zero-order valence-corrected chi connectivity index (χ0v) is 12.7. The molecule has 0 radical (unpaired) electrons. The van der Waals surface area contributed by atoms with Gasteiger partial charge in [-0.05, 0) is 48.1 Å². The van der Waals surface area contributed by atoms with Gasteiger partial charge in [-0.1, -0.05) is 6.07 Å². The average Bonchev–Trinajstić information content (AvgIpc) is 3.21. The fourth-order valence-electron chi connectivity index (χ4n) is 2.63. The van der Waals surface area contributed by atoms with Gasteiger partial charge in [0, 0.05) is 22.5 Å². The summed E-state index contributed by atoms with van der Waals surface area (Å²) in [7, 11) is 0. The van der Waals surface area contributed by atoms with Gasteiger partial charge in [0.15, 0.2) is 5.11 Å². The van der Waals surface area contributed by atoms with Crippen LogP contribution in [0, 0.1) is 5.41 Å². The molecule has 1 aromatic heterocycles. The number of ether oxygens (including phenoxy) is 1. The van der Waals surface area contributed by atoms with Crippen LogP contribution >= 0.6 is 12.2 Å². The summed E-state index contributed by atoms with van der Waals surface area (Å²) in [6, 6.07) is 9.68. The van der Waals surface area contributed by atoms with Crippen molar-refractivity contribution in [1.29, 1.82) is 5.41 Å². The standard InChI is InChI=1S/C16H12N4O2S/c17-14-11-3-1-8(5-9(11)7-22-14)12-4-2-10(18-12)6-13-15(21)20-16(23)19-13/h1-6,17-18H,7H2,(H2,19,20,21,23). The van der Waals surface area contributed by atoms with Gasteiger partial charge in [-0.2, -0.15) is 0 Å². The van der Waals surface area contributed by atoms with Gasteiger partial charge in [0.25, 0.3) is 5.91 Å². The molecule has 1 saturated heterocycles. The molecule has 1 fully saturated rings. The molecule has 1 aromatic carbocycles. The molecule has 4 rings (SSSR count). The second-order valence-electron chi connectivity index (χ2n) is 5.28. The van der Waals surface area contributed by atoms with E-state index in [1.165, 1.54) is 0 Å². The highest BCUT2D eigenvalue weighted by molar-refractivity contribution is 7.80. The van der Waals surface area contributed by atoms with Crippen molar-refractivity contribution >= 4 is 35.2 Å². The SMILES string of the molecule is N=C1OCc2cc(-c3ccc(C=C4NC(=S)NC4=O)[nH]3)ccc21. The molecule has 2 aliphatic heterocycles. The highest BCUT2D eigenvalue weighted by Gasteiger charge is 2.20. The predicted octanol–water partition coefficient (Wildman–Crippen LogP) is 1.88. The van der Waals surface area contributed by atoms with Gasteiger partial charge in [0.2, 0.25) is 5.90 Å². The van der Waals surface area contributed by atoms with E-state index in [2.05, 4.69) is 15.6 Å². The van der Waals surface area contributed by atoms with Crippen LogP contribution in [0.1, 0.15) is 16.8 Å². The number of aromatic amines is 1. The number of benzene rings is 1. The van der Waals surface area contributed by atoms with Gasteiger partial charge in [0.1, 0.15) is 12.3 Å². The molecule has 0 saturated carbocycles. The lowest BCUT2D eigenvalue weighted by Crippen LogP contribution is -2.21. The largest absolute Gasteiger partial charge is 0.473 e. The van der Waals surface area contributed by atoms with Crippen LogP contribution in [-0.4, -0.2) is 21.9 Å². The number of carbonyl (C=O) groups is 1. The maximum absolute atomic E-state index is 11.6. The Hall–Kier alpha value is -2.93. The summed E-state index contributed by atoms with van der Waals surface area (Å²) in [6.45, 7) is 0.432. The molecule has 2 aromatic rings. The Kier molecular flexibility index (Phi) is 3.02. The lowest BCUT2D eigenvalue weighted by Gasteiger charge is -2.01. The molecule has 1 amide bonds. The average molecular weight is 324 g/mol. The van der Waals surface area contributed by atoms with E-state index in [4.69, 9.17) is 22.4 Å². The number of hydrogen-bond donors (Lipinski definition) is 4. The minimum atomic E-state index is -0.237. The number of thiocarbonyl (C=S) groups is 1. The molecule has 3 heterocycles. The smallest absolute Gasteiger partial charge is 0.273 e. The molecule has 7 heteroatoms. The Morgan fingerprint density at radius 1 is 1.22 bits per heavy atom. The minimum Gasteiger partial charge on any atom is -0.473 e. The van der Waals surface area contributed by atoms with Crippen molar-refractivity contribution in [2.45, 2.75) is 6.61 Å². The molecule has 0 bridgehead atoms. The van der Waals surface area contributed by atoms with Crippen molar-refractivity contribution in [3.05, 3.63) is 52.8 Å². The highest BCUT2D eigenvalue weighted by Crippen LogP contribution is 2.27. The normalized spacial score (nSPS) is 17.9. The van der Waals surface area contributed by atoms with E-state index in [1.54, 1.807) is 6.08 Å². The van der Waals surface area contributed by atoms with Gasteiger partial charge in [-0.3, -0.25) is 15.5 Å². The van der Waals surface area contributed by atoms with E-state index in [-0.39, 0.29) is 11.8 Å². The van der Waals surface area contributed by atoms with Crippen molar-refractivity contribution in [2.75, 3.05) is 0 Å². The number of carbonyl (C=O) groups excluding carboxylic acids is 1. The number of amides is 1. The topological polar surface area (TPSA) is 90.0 Å². The first-order chi connectivity index (χ1) is 11.1. The summed E-state index contributed by atoms with van der Waals surface area (Å²) >= 11 is 4.90. The van der Waals surface area contributed by atoms with Crippen LogP contribution in [0.2, 0.25) is 0 Å². The molecule has 0 atom stereocenters. The fourth-order valence-corrected chi connectivity index (χ4v) is 2.83. The summed E-state index contributed by atoms with van der Waals surface area (Å²) < 4.78 is 5.23. The maximum atomic E-state index is 11.6. The van der Waals surface area contributed by atoms with E-state index in [1.807, 2.05) is 30.3 Å². The molecule has 6 nitrogen and oxygen atoms in total. The van der Waals surface area contributed by atoms with E-state index < -0.39 is 0 Å². The summed E-state index contributed by atoms with van der Waals surface area (Å²) in [6.07, 6.45) is 1.71. The molecule has 0 aliphatic carbocycles. The zero-order chi connectivity index (χ0) is 16.0. The second-order valence-corrected chi connectivity index (χ2v) is 5.69. The first kappa shape index (κ1) is 13.7. The number of rotatable bonds is 2. The van der Waals surface area contributed by atoms with Crippen molar-refractivity contribution in [2.24, 2.45) is 0 Å². The molecular formula is C16H12N4O2S.